The van der Waals surface area contributed by atoms with Crippen molar-refractivity contribution in [1.82, 2.24) is 0 Å². The predicted octanol–water partition coefficient (Wildman–Crippen LogP) is 3.15. The van der Waals surface area contributed by atoms with Crippen LogP contribution in [0.25, 0.3) is 0 Å². The molecule has 100 valence electrons. The van der Waals surface area contributed by atoms with Crippen molar-refractivity contribution < 1.29 is 0 Å². The van der Waals surface area contributed by atoms with Gasteiger partial charge in [-0.3, -0.25) is 0 Å². The van der Waals surface area contributed by atoms with Gasteiger partial charge in [0, 0.05) is 24.2 Å². The summed E-state index contributed by atoms with van der Waals surface area (Å²) in [6.07, 6.45) is 3.65. The van der Waals surface area contributed by atoms with Gasteiger partial charge in [-0.05, 0) is 61.2 Å². The number of anilines is 1. The van der Waals surface area contributed by atoms with Gasteiger partial charge in [-0.2, -0.15) is 0 Å². The summed E-state index contributed by atoms with van der Waals surface area (Å²) in [6, 6.07) is 6.92. The fourth-order valence-corrected chi connectivity index (χ4v) is 3.55. The van der Waals surface area contributed by atoms with Gasteiger partial charge in [0.2, 0.25) is 0 Å². The summed E-state index contributed by atoms with van der Waals surface area (Å²) in [4.78, 5) is 3.84. The molecule has 1 atom stereocenters. The number of hydrogen-bond acceptors (Lipinski definition) is 3. The van der Waals surface area contributed by atoms with Crippen molar-refractivity contribution in [3.8, 4) is 0 Å². The largest absolute Gasteiger partial charge is 0.374 e. The van der Waals surface area contributed by atoms with Gasteiger partial charge in [-0.15, -0.1) is 11.8 Å². The molecular formula is C15H24N2S. The van der Waals surface area contributed by atoms with Gasteiger partial charge in [0.25, 0.3) is 0 Å². The van der Waals surface area contributed by atoms with E-state index in [2.05, 4.69) is 37.1 Å². The molecule has 2 rings (SSSR count). The Labute approximate surface area is 115 Å². The monoisotopic (exact) mass is 264 g/mol. The van der Waals surface area contributed by atoms with Crippen molar-refractivity contribution in [1.29, 1.82) is 0 Å². The predicted molar refractivity (Wildman–Crippen MR) is 81.6 cm³/mol. The Kier molecular flexibility index (Phi) is 4.95. The smallest absolute Gasteiger partial charge is 0.0367 e. The standard InChI is InChI=1S/C15H24N2S/c1-12(7-8-16)11-17(2)14-5-6-15-13(10-14)4-3-9-18-15/h5-6,10,12H,3-4,7-9,11,16H2,1-2H3. The van der Waals surface area contributed by atoms with E-state index in [1.807, 2.05) is 11.8 Å². The van der Waals surface area contributed by atoms with Crippen LogP contribution >= 0.6 is 11.8 Å². The molecular weight excluding hydrogens is 240 g/mol. The second-order valence-electron chi connectivity index (χ2n) is 5.31. The van der Waals surface area contributed by atoms with Crippen LogP contribution in [0.1, 0.15) is 25.3 Å². The first-order chi connectivity index (χ1) is 8.70. The van der Waals surface area contributed by atoms with Gasteiger partial charge in [0.05, 0.1) is 0 Å². The minimum absolute atomic E-state index is 0.658. The molecule has 0 amide bonds. The quantitative estimate of drug-likeness (QED) is 0.886. The summed E-state index contributed by atoms with van der Waals surface area (Å²) in [6.45, 7) is 4.15. The molecule has 0 spiro atoms. The number of fused-ring (bicyclic) bond motifs is 1. The van der Waals surface area contributed by atoms with Crippen LogP contribution in [0.5, 0.6) is 0 Å². The van der Waals surface area contributed by atoms with Crippen molar-refractivity contribution in [3.63, 3.8) is 0 Å². The highest BCUT2D eigenvalue weighted by atomic mass is 32.2. The van der Waals surface area contributed by atoms with E-state index < -0.39 is 0 Å². The molecule has 1 unspecified atom stereocenters. The minimum Gasteiger partial charge on any atom is -0.374 e. The number of nitrogens with two attached hydrogens (primary N) is 1. The van der Waals surface area contributed by atoms with Gasteiger partial charge >= 0.3 is 0 Å². The Balaban J connectivity index is 2.04. The number of rotatable bonds is 5. The van der Waals surface area contributed by atoms with E-state index in [9.17, 15) is 0 Å². The lowest BCUT2D eigenvalue weighted by Gasteiger charge is -2.25. The maximum Gasteiger partial charge on any atom is 0.0367 e. The normalized spacial score (nSPS) is 16.2. The van der Waals surface area contributed by atoms with Crippen molar-refractivity contribution in [3.05, 3.63) is 23.8 Å². The molecule has 1 aliphatic rings. The van der Waals surface area contributed by atoms with Gasteiger partial charge in [0.15, 0.2) is 0 Å². The SMILES string of the molecule is CC(CCN)CN(C)c1ccc2c(c1)CCCS2. The van der Waals surface area contributed by atoms with E-state index in [4.69, 9.17) is 5.73 Å². The fraction of sp³-hybridized carbons (Fsp3) is 0.600. The van der Waals surface area contributed by atoms with Crippen LogP contribution in [0, 0.1) is 5.92 Å². The summed E-state index contributed by atoms with van der Waals surface area (Å²) in [7, 11) is 2.19. The number of hydrogen-bond donors (Lipinski definition) is 1. The molecule has 0 saturated carbocycles. The molecule has 0 radical (unpaired) electrons. The lowest BCUT2D eigenvalue weighted by molar-refractivity contribution is 0.539. The second kappa shape index (κ2) is 6.48. The summed E-state index contributed by atoms with van der Waals surface area (Å²) >= 11 is 2.00. The highest BCUT2D eigenvalue weighted by Gasteiger charge is 2.12. The molecule has 1 aromatic rings. The highest BCUT2D eigenvalue weighted by Crippen LogP contribution is 2.32. The van der Waals surface area contributed by atoms with Gasteiger partial charge in [0.1, 0.15) is 0 Å². The Hall–Kier alpha value is -0.670. The van der Waals surface area contributed by atoms with E-state index in [-0.39, 0.29) is 0 Å². The van der Waals surface area contributed by atoms with Gasteiger partial charge < -0.3 is 10.6 Å². The van der Waals surface area contributed by atoms with Gasteiger partial charge in [-0.1, -0.05) is 6.92 Å². The third-order valence-electron chi connectivity index (χ3n) is 3.58. The lowest BCUT2D eigenvalue weighted by Crippen LogP contribution is -2.25. The van der Waals surface area contributed by atoms with Crippen molar-refractivity contribution in [2.75, 3.05) is 30.8 Å². The number of nitrogens with zero attached hydrogens (tertiary/aromatic N) is 1. The van der Waals surface area contributed by atoms with E-state index in [0.717, 1.165) is 19.5 Å². The van der Waals surface area contributed by atoms with Crippen LogP contribution in [0.4, 0.5) is 5.69 Å². The lowest BCUT2D eigenvalue weighted by atomic mass is 10.1. The van der Waals surface area contributed by atoms with Crippen LogP contribution in [-0.2, 0) is 6.42 Å². The first-order valence-electron chi connectivity index (χ1n) is 6.87. The summed E-state index contributed by atoms with van der Waals surface area (Å²) in [5, 5.41) is 0. The summed E-state index contributed by atoms with van der Waals surface area (Å²) in [5.41, 5.74) is 8.49. The van der Waals surface area contributed by atoms with E-state index in [1.165, 1.54) is 34.7 Å². The Bertz CT molecular complexity index is 392. The zero-order valence-electron chi connectivity index (χ0n) is 11.5. The maximum absolute atomic E-state index is 5.61. The molecule has 1 aliphatic heterocycles. The van der Waals surface area contributed by atoms with E-state index >= 15 is 0 Å². The summed E-state index contributed by atoms with van der Waals surface area (Å²) < 4.78 is 0. The molecule has 0 aromatic heterocycles. The average Bonchev–Trinajstić information content (AvgIpc) is 2.38. The third-order valence-corrected chi connectivity index (χ3v) is 4.78. The van der Waals surface area contributed by atoms with Crippen molar-refractivity contribution in [2.45, 2.75) is 31.1 Å². The average molecular weight is 264 g/mol. The third kappa shape index (κ3) is 3.42. The zero-order valence-corrected chi connectivity index (χ0v) is 12.3. The summed E-state index contributed by atoms with van der Waals surface area (Å²) in [5.74, 6) is 1.93. The van der Waals surface area contributed by atoms with Crippen LogP contribution in [0.3, 0.4) is 0 Å². The molecule has 0 bridgehead atoms. The van der Waals surface area contributed by atoms with Crippen LogP contribution < -0.4 is 10.6 Å². The Morgan fingerprint density at radius 2 is 2.28 bits per heavy atom. The first-order valence-corrected chi connectivity index (χ1v) is 7.86. The Morgan fingerprint density at radius 3 is 3.06 bits per heavy atom. The molecule has 18 heavy (non-hydrogen) atoms. The molecule has 0 fully saturated rings. The molecule has 3 heteroatoms. The van der Waals surface area contributed by atoms with Crippen LogP contribution in [0.15, 0.2) is 23.1 Å². The molecule has 1 heterocycles. The zero-order chi connectivity index (χ0) is 13.0. The first kappa shape index (κ1) is 13.8. The Morgan fingerprint density at radius 1 is 1.44 bits per heavy atom. The fourth-order valence-electron chi connectivity index (χ4n) is 2.53. The maximum atomic E-state index is 5.61. The number of benzene rings is 1. The second-order valence-corrected chi connectivity index (χ2v) is 6.44. The van der Waals surface area contributed by atoms with E-state index in [1.54, 1.807) is 0 Å². The number of aryl methyl sites for hydroxylation is 1. The molecule has 2 nitrogen and oxygen atoms in total. The van der Waals surface area contributed by atoms with Crippen molar-refractivity contribution in [2.24, 2.45) is 11.7 Å². The van der Waals surface area contributed by atoms with Gasteiger partial charge in [-0.25, -0.2) is 0 Å². The molecule has 0 saturated heterocycles. The minimum atomic E-state index is 0.658. The topological polar surface area (TPSA) is 29.3 Å². The van der Waals surface area contributed by atoms with Crippen molar-refractivity contribution >= 4 is 17.4 Å². The molecule has 0 aliphatic carbocycles. The molecule has 2 N–H and O–H groups in total. The van der Waals surface area contributed by atoms with Crippen LogP contribution in [-0.4, -0.2) is 25.9 Å². The molecule has 1 aromatic carbocycles. The highest BCUT2D eigenvalue weighted by molar-refractivity contribution is 7.99. The number of thioether (sulfide) groups is 1. The van der Waals surface area contributed by atoms with Crippen LogP contribution in [0.2, 0.25) is 0 Å². The van der Waals surface area contributed by atoms with E-state index in [0.29, 0.717) is 5.92 Å².